The number of fused-ring (bicyclic) bond motifs is 15. The first-order valence-corrected chi connectivity index (χ1v) is 47.0. The average molecular weight is 2450 g/mol. The number of aromatic nitrogens is 9. The van der Waals surface area contributed by atoms with E-state index in [0.29, 0.717) is 34.8 Å². The van der Waals surface area contributed by atoms with Gasteiger partial charge in [0.05, 0.1) is 50.2 Å². The molecule has 19 aromatic carbocycles. The van der Waals surface area contributed by atoms with Gasteiger partial charge < -0.3 is 42.8 Å². The molecule has 9 aromatic heterocycles. The predicted octanol–water partition coefficient (Wildman–Crippen LogP) is 32.0. The molecule has 0 aliphatic heterocycles. The van der Waals surface area contributed by atoms with Crippen LogP contribution in [0.25, 0.3) is 227 Å². The van der Waals surface area contributed by atoms with Crippen LogP contribution in [-0.4, -0.2) is 58.9 Å². The van der Waals surface area contributed by atoms with Crippen molar-refractivity contribution < 1.29 is 106 Å². The van der Waals surface area contributed by atoms with E-state index in [1.165, 1.54) is 0 Å². The number of phenolic OH excluding ortho intramolecular Hbond substituents is 3. The maximum absolute atomic E-state index is 11.2. The monoisotopic (exact) mass is 2440 g/mol. The Kier molecular flexibility index (Phi) is 24.9. The van der Waals surface area contributed by atoms with Crippen LogP contribution >= 0.6 is 0 Å². The van der Waals surface area contributed by atoms with E-state index in [2.05, 4.69) is 125 Å². The van der Waals surface area contributed by atoms with E-state index in [9.17, 15) is 15.3 Å². The number of nitrogens with zero attached hydrogens (tertiary/aromatic N) is 9. The fraction of sp³-hybridized carbons (Fsp3) is 0. The number of aromatic hydroxyl groups is 3. The van der Waals surface area contributed by atoms with Crippen LogP contribution in [0.2, 0.25) is 0 Å². The van der Waals surface area contributed by atoms with E-state index >= 15 is 0 Å². The van der Waals surface area contributed by atoms with Gasteiger partial charge in [-0.1, -0.05) is 340 Å². The van der Waals surface area contributed by atoms with Gasteiger partial charge in [0.25, 0.3) is 0 Å². The fourth-order valence-electron chi connectivity index (χ4n) is 19.4. The molecule has 0 fully saturated rings. The second-order valence-electron chi connectivity index (χ2n) is 35.0. The van der Waals surface area contributed by atoms with Crippen LogP contribution in [0.5, 0.6) is 52.5 Å². The molecule has 0 aliphatic carbocycles. The van der Waals surface area contributed by atoms with Crippen LogP contribution in [-0.2, 0) is 63.2 Å². The van der Waals surface area contributed by atoms with Crippen LogP contribution in [0, 0.1) is 18.2 Å². The van der Waals surface area contributed by atoms with Gasteiger partial charge in [-0.25, -0.2) is 15.0 Å². The first-order valence-electron chi connectivity index (χ1n) is 47.0. The van der Waals surface area contributed by atoms with Crippen LogP contribution < -0.4 is 14.2 Å². The molecule has 0 aliphatic rings. The van der Waals surface area contributed by atoms with Gasteiger partial charge >= 0.3 is 18.0 Å². The summed E-state index contributed by atoms with van der Waals surface area (Å²) in [6, 6.07) is 151. The third kappa shape index (κ3) is 17.3. The number of phenols is 3. The second kappa shape index (κ2) is 39.4. The van der Waals surface area contributed by atoms with Crippen molar-refractivity contribution in [1.82, 2.24) is 43.6 Å². The number of para-hydroxylation sites is 9. The number of hydrogen-bond donors (Lipinski definition) is 3. The largest absolute Gasteiger partial charge is 0.504 e. The van der Waals surface area contributed by atoms with E-state index in [4.69, 9.17) is 47.4 Å². The minimum Gasteiger partial charge on any atom is -0.504 e. The molecule has 0 amide bonds. The van der Waals surface area contributed by atoms with Gasteiger partial charge in [0.1, 0.15) is 33.5 Å². The quantitative estimate of drug-likeness (QED) is 0.0766. The molecule has 3 N–H and O–H groups in total. The maximum Gasteiger partial charge on any atom is 0.307 e. The van der Waals surface area contributed by atoms with E-state index in [1.54, 1.807) is 30.6 Å². The third-order valence-electron chi connectivity index (χ3n) is 26.2. The van der Waals surface area contributed by atoms with Crippen LogP contribution in [0.3, 0.4) is 0 Å². The van der Waals surface area contributed by atoms with Crippen molar-refractivity contribution in [2.24, 2.45) is 0 Å². The van der Waals surface area contributed by atoms with Crippen molar-refractivity contribution in [2.75, 3.05) is 0 Å². The van der Waals surface area contributed by atoms with E-state index in [-0.39, 0.29) is 97.7 Å². The molecule has 712 valence electrons. The Balaban J connectivity index is 0.000000121. The van der Waals surface area contributed by atoms with Gasteiger partial charge in [-0.15, -0.1) is 59.2 Å². The van der Waals surface area contributed by atoms with Gasteiger partial charge in [-0.05, 0) is 119 Å². The van der Waals surface area contributed by atoms with Crippen molar-refractivity contribution in [3.05, 3.63) is 461 Å². The van der Waals surface area contributed by atoms with Gasteiger partial charge in [0, 0.05) is 149 Å². The molecule has 21 heteroatoms. The minimum atomic E-state index is -0.0464. The van der Waals surface area contributed by atoms with E-state index in [1.807, 2.05) is 329 Å². The van der Waals surface area contributed by atoms with E-state index in [0.717, 1.165) is 210 Å². The number of hydrogen-bond acceptors (Lipinski definition) is 15. The Morgan fingerprint density at radius 1 is 0.238 bits per heavy atom. The standard InChI is InChI=1S/C46H28N3O3.2C40H24N3O3.3Pt/c50-41-27-43-38(37-18-9-10-21-42(37)51-43)26-44(41)52-46-48-45-36(19-11-20-40(45)49(46)35-16-5-2-6-17-35)33-22-32(29-12-3-1-4-13-29)23-34(24-33)39-25-30-14-7-8-15-31(30)28-47-39;44-35-24-37-32(30-15-6-7-19-36(30)45-37)23-38(35)46-40-42-39-29(16-10-18-34(39)43(40)27-12-2-1-3-13-27)26-21-25-11-4-5-14-28(25)31(22-26)33-17-8-9-20-41-33;44-35-24-37-32(29-15-6-7-19-36(29)45-37)23-38(35)46-40-42-39-30(16-10-18-34(39)43(40)27-12-2-1-3-13-27)31-22-26(33-17-8-9-20-41-33)21-25-11-4-5-14-28(25)31;;;/h1-23,25-28,50H;2*1-21,23-24,44H;;;/q3*-1;;;. The van der Waals surface area contributed by atoms with Crippen molar-refractivity contribution in [2.45, 2.75) is 0 Å². The third-order valence-corrected chi connectivity index (χ3v) is 26.2. The van der Waals surface area contributed by atoms with E-state index < -0.39 is 0 Å². The number of imidazole rings is 3. The SMILES string of the molecule is Oc1cc2oc3ccccc3c2cc1Oc1nc2c(-c3[c-]c(-c4cc5ccccc5cn4)cc(-c4ccccc4)c3)cccc2n1-c1ccccc1.Oc1cc2oc3ccccc3c2cc1Oc1nc2c(-c3[c-]c(-c4ccccn4)c4ccccc4c3)cccc2n1-c1ccccc1.Oc1cc2oc3ccccc3c2cc1Oc1nc2c(-c3[c-]c(-c4ccccn4)cc4ccccc34)cccc2n1-c1ccccc1.[Pt].[Pt].[Pt]. The molecule has 0 atom stereocenters. The summed E-state index contributed by atoms with van der Waals surface area (Å²) in [5.41, 5.74) is 24.1. The van der Waals surface area contributed by atoms with Crippen molar-refractivity contribution >= 4 is 131 Å². The normalized spacial score (nSPS) is 11.3. The van der Waals surface area contributed by atoms with Crippen LogP contribution in [0.4, 0.5) is 0 Å². The van der Waals surface area contributed by atoms with Crippen molar-refractivity contribution in [3.8, 4) is 148 Å². The van der Waals surface area contributed by atoms with Crippen LogP contribution in [0.1, 0.15) is 0 Å². The number of ether oxygens (including phenoxy) is 3. The Hall–Kier alpha value is -17.9. The number of benzene rings is 19. The topological polar surface area (TPSA) is 220 Å². The zero-order valence-electron chi connectivity index (χ0n) is 77.4. The fourth-order valence-corrected chi connectivity index (χ4v) is 19.4. The van der Waals surface area contributed by atoms with Gasteiger partial charge in [0.2, 0.25) is 0 Å². The molecule has 18 nitrogen and oxygen atoms in total. The summed E-state index contributed by atoms with van der Waals surface area (Å²) in [5, 5.41) is 45.2. The van der Waals surface area contributed by atoms with Gasteiger partial charge in [-0.3, -0.25) is 28.7 Å². The molecule has 0 bridgehead atoms. The zero-order valence-corrected chi connectivity index (χ0v) is 84.2. The summed E-state index contributed by atoms with van der Waals surface area (Å²) in [7, 11) is 0. The van der Waals surface area contributed by atoms with Gasteiger partial charge in [-0.2, -0.15) is 0 Å². The molecular formula is C126H76N9O9Pt3-3. The van der Waals surface area contributed by atoms with Crippen molar-refractivity contribution in [3.63, 3.8) is 0 Å². The maximum atomic E-state index is 11.2. The summed E-state index contributed by atoms with van der Waals surface area (Å²) < 4.78 is 43.5. The van der Waals surface area contributed by atoms with Crippen molar-refractivity contribution in [1.29, 1.82) is 0 Å². The zero-order chi connectivity index (χ0) is 95.8. The summed E-state index contributed by atoms with van der Waals surface area (Å²) in [4.78, 5) is 29.4. The number of rotatable bonds is 16. The summed E-state index contributed by atoms with van der Waals surface area (Å²) >= 11 is 0. The van der Waals surface area contributed by atoms with Gasteiger partial charge in [0.15, 0.2) is 34.5 Å². The molecule has 0 saturated carbocycles. The molecular weight excluding hydrogens is 2370 g/mol. The predicted molar refractivity (Wildman–Crippen MR) is 570 cm³/mol. The first-order chi connectivity index (χ1) is 71.1. The summed E-state index contributed by atoms with van der Waals surface area (Å²) in [6.07, 6.45) is 5.51. The average Bonchev–Trinajstić information content (AvgIpc) is 1.56. The molecule has 28 rings (SSSR count). The Morgan fingerprint density at radius 3 is 1.05 bits per heavy atom. The number of furan rings is 3. The molecule has 0 spiro atoms. The first kappa shape index (κ1) is 92.8. The smallest absolute Gasteiger partial charge is 0.307 e. The molecule has 0 unspecified atom stereocenters. The molecule has 0 saturated heterocycles. The molecule has 0 radical (unpaired) electrons. The summed E-state index contributed by atoms with van der Waals surface area (Å²) in [6.45, 7) is 0. The molecule has 9 heterocycles. The second-order valence-corrected chi connectivity index (χ2v) is 35.0. The Bertz CT molecular complexity index is 9890. The number of pyridine rings is 3. The van der Waals surface area contributed by atoms with Crippen LogP contribution in [0.15, 0.2) is 456 Å². The molecule has 28 aromatic rings. The Labute approximate surface area is 882 Å². The molecule has 147 heavy (non-hydrogen) atoms. The summed E-state index contributed by atoms with van der Waals surface area (Å²) in [5.74, 6) is 0.706. The minimum absolute atomic E-state index is 0. The Morgan fingerprint density at radius 2 is 0.592 bits per heavy atom.